The van der Waals surface area contributed by atoms with Gasteiger partial charge in [-0.15, -0.1) is 0 Å². The average molecular weight is 253 g/mol. The van der Waals surface area contributed by atoms with Gasteiger partial charge in [0.05, 0.1) is 6.07 Å². The quantitative estimate of drug-likeness (QED) is 0.686. The second kappa shape index (κ2) is 8.50. The van der Waals surface area contributed by atoms with Crippen LogP contribution in [0.2, 0.25) is 0 Å². The van der Waals surface area contributed by atoms with Crippen molar-refractivity contribution < 1.29 is 0 Å². The summed E-state index contributed by atoms with van der Waals surface area (Å²) in [5, 5.41) is 12.8. The van der Waals surface area contributed by atoms with Gasteiger partial charge in [-0.3, -0.25) is 10.2 Å². The molecule has 0 aliphatic rings. The molecule has 106 valence electrons. The van der Waals surface area contributed by atoms with Crippen molar-refractivity contribution in [3.05, 3.63) is 0 Å². The minimum absolute atomic E-state index is 0.406. The van der Waals surface area contributed by atoms with Gasteiger partial charge in [0, 0.05) is 12.1 Å². The first-order valence-corrected chi connectivity index (χ1v) is 7.32. The second-order valence-electron chi connectivity index (χ2n) is 5.76. The van der Waals surface area contributed by atoms with Crippen molar-refractivity contribution in [2.45, 2.75) is 78.4 Å². The van der Waals surface area contributed by atoms with Crippen molar-refractivity contribution >= 4 is 0 Å². The number of nitrogens with one attached hydrogen (secondary N) is 1. The number of nitrogens with zero attached hydrogens (tertiary/aromatic N) is 2. The molecule has 0 rings (SSSR count). The molecule has 2 unspecified atom stereocenters. The molecule has 0 aromatic rings. The van der Waals surface area contributed by atoms with Gasteiger partial charge in [-0.1, -0.05) is 13.8 Å². The third kappa shape index (κ3) is 5.84. The van der Waals surface area contributed by atoms with Crippen LogP contribution < -0.4 is 5.32 Å². The molecule has 0 aliphatic carbocycles. The zero-order chi connectivity index (χ0) is 14.2. The van der Waals surface area contributed by atoms with Crippen molar-refractivity contribution in [2.75, 3.05) is 13.1 Å². The third-order valence-corrected chi connectivity index (χ3v) is 3.43. The molecule has 0 radical (unpaired) electrons. The average Bonchev–Trinajstić information content (AvgIpc) is 2.32. The van der Waals surface area contributed by atoms with Gasteiger partial charge in [-0.25, -0.2) is 0 Å². The van der Waals surface area contributed by atoms with Crippen molar-refractivity contribution in [1.82, 2.24) is 10.2 Å². The molecule has 3 nitrogen and oxygen atoms in total. The van der Waals surface area contributed by atoms with E-state index in [1.165, 1.54) is 0 Å². The Hall–Kier alpha value is -0.590. The van der Waals surface area contributed by atoms with Gasteiger partial charge in [-0.05, 0) is 60.0 Å². The minimum Gasteiger partial charge on any atom is -0.300 e. The van der Waals surface area contributed by atoms with Gasteiger partial charge >= 0.3 is 0 Å². The summed E-state index contributed by atoms with van der Waals surface area (Å²) in [6.45, 7) is 15.1. The highest BCUT2D eigenvalue weighted by molar-refractivity contribution is 5.05. The zero-order valence-corrected chi connectivity index (χ0v) is 13.1. The Morgan fingerprint density at radius 1 is 1.22 bits per heavy atom. The second-order valence-corrected chi connectivity index (χ2v) is 5.76. The number of hydrogen-bond donors (Lipinski definition) is 1. The predicted molar refractivity (Wildman–Crippen MR) is 78.5 cm³/mol. The fourth-order valence-electron chi connectivity index (χ4n) is 2.51. The van der Waals surface area contributed by atoms with E-state index in [0.29, 0.717) is 12.1 Å². The van der Waals surface area contributed by atoms with E-state index >= 15 is 0 Å². The summed E-state index contributed by atoms with van der Waals surface area (Å²) in [5.74, 6) is 0. The van der Waals surface area contributed by atoms with Crippen LogP contribution in [0.1, 0.15) is 60.8 Å². The van der Waals surface area contributed by atoms with Crippen molar-refractivity contribution in [3.63, 3.8) is 0 Å². The SMILES string of the molecule is CCCNC(C)(C#N)CC(C)N(CCC)C(C)C. The van der Waals surface area contributed by atoms with Crippen LogP contribution in [0.5, 0.6) is 0 Å². The molecule has 0 bridgehead atoms. The summed E-state index contributed by atoms with van der Waals surface area (Å²) < 4.78 is 0. The van der Waals surface area contributed by atoms with Crippen LogP contribution in [0, 0.1) is 11.3 Å². The molecule has 0 spiro atoms. The summed E-state index contributed by atoms with van der Waals surface area (Å²) in [6, 6.07) is 3.41. The zero-order valence-electron chi connectivity index (χ0n) is 13.1. The lowest BCUT2D eigenvalue weighted by molar-refractivity contribution is 0.139. The van der Waals surface area contributed by atoms with E-state index in [1.54, 1.807) is 0 Å². The van der Waals surface area contributed by atoms with Crippen LogP contribution in [0.25, 0.3) is 0 Å². The molecule has 0 heterocycles. The topological polar surface area (TPSA) is 39.1 Å². The minimum atomic E-state index is -0.406. The highest BCUT2D eigenvalue weighted by atomic mass is 15.2. The van der Waals surface area contributed by atoms with E-state index in [1.807, 2.05) is 6.92 Å². The standard InChI is InChI=1S/C15H31N3/c1-7-9-17-15(6,12-16)11-14(5)18(10-8-2)13(3)4/h13-14,17H,7-11H2,1-6H3. The maximum atomic E-state index is 9.38. The Morgan fingerprint density at radius 3 is 2.22 bits per heavy atom. The van der Waals surface area contributed by atoms with Crippen molar-refractivity contribution in [1.29, 1.82) is 5.26 Å². The molecular formula is C15H31N3. The number of hydrogen-bond acceptors (Lipinski definition) is 3. The lowest BCUT2D eigenvalue weighted by atomic mass is 9.93. The Labute approximate surface area is 114 Å². The molecule has 0 aromatic heterocycles. The normalized spacial score (nSPS) is 16.6. The maximum absolute atomic E-state index is 9.38. The summed E-state index contributed by atoms with van der Waals surface area (Å²) in [7, 11) is 0. The van der Waals surface area contributed by atoms with E-state index in [0.717, 1.165) is 32.4 Å². The van der Waals surface area contributed by atoms with Crippen LogP contribution in [0.3, 0.4) is 0 Å². The molecule has 0 fully saturated rings. The van der Waals surface area contributed by atoms with E-state index < -0.39 is 5.54 Å². The van der Waals surface area contributed by atoms with Gasteiger partial charge in [0.1, 0.15) is 5.54 Å². The maximum Gasteiger partial charge on any atom is 0.105 e. The van der Waals surface area contributed by atoms with Crippen molar-refractivity contribution in [3.8, 4) is 6.07 Å². The monoisotopic (exact) mass is 253 g/mol. The Balaban J connectivity index is 4.57. The van der Waals surface area contributed by atoms with E-state index in [4.69, 9.17) is 0 Å². The summed E-state index contributed by atoms with van der Waals surface area (Å²) in [4.78, 5) is 2.49. The van der Waals surface area contributed by atoms with Crippen LogP contribution in [0.4, 0.5) is 0 Å². The summed E-state index contributed by atoms with van der Waals surface area (Å²) >= 11 is 0. The lowest BCUT2D eigenvalue weighted by Crippen LogP contribution is -2.49. The first-order chi connectivity index (χ1) is 8.40. The predicted octanol–water partition coefficient (Wildman–Crippen LogP) is 3.17. The van der Waals surface area contributed by atoms with Crippen LogP contribution in [-0.2, 0) is 0 Å². The molecule has 3 heteroatoms. The van der Waals surface area contributed by atoms with Crippen molar-refractivity contribution in [2.24, 2.45) is 0 Å². The molecule has 0 amide bonds. The molecule has 0 saturated carbocycles. The van der Waals surface area contributed by atoms with E-state index in [2.05, 4.69) is 50.9 Å². The summed E-state index contributed by atoms with van der Waals surface area (Å²) in [6.07, 6.45) is 3.10. The Kier molecular flexibility index (Phi) is 8.22. The number of rotatable bonds is 9. The van der Waals surface area contributed by atoms with Gasteiger partial charge < -0.3 is 0 Å². The van der Waals surface area contributed by atoms with Gasteiger partial charge in [0.15, 0.2) is 0 Å². The first kappa shape index (κ1) is 17.4. The van der Waals surface area contributed by atoms with Crippen LogP contribution >= 0.6 is 0 Å². The lowest BCUT2D eigenvalue weighted by Gasteiger charge is -2.36. The first-order valence-electron chi connectivity index (χ1n) is 7.32. The van der Waals surface area contributed by atoms with Crippen LogP contribution in [0.15, 0.2) is 0 Å². The Bertz CT molecular complexity index is 257. The largest absolute Gasteiger partial charge is 0.300 e. The van der Waals surface area contributed by atoms with Gasteiger partial charge in [0.2, 0.25) is 0 Å². The molecule has 0 aromatic carbocycles. The van der Waals surface area contributed by atoms with E-state index in [9.17, 15) is 5.26 Å². The smallest absolute Gasteiger partial charge is 0.105 e. The summed E-state index contributed by atoms with van der Waals surface area (Å²) in [5.41, 5.74) is -0.406. The Morgan fingerprint density at radius 2 is 1.83 bits per heavy atom. The third-order valence-electron chi connectivity index (χ3n) is 3.43. The van der Waals surface area contributed by atoms with E-state index in [-0.39, 0.29) is 0 Å². The molecule has 0 aliphatic heterocycles. The van der Waals surface area contributed by atoms with Gasteiger partial charge in [0.25, 0.3) is 0 Å². The molecule has 2 atom stereocenters. The highest BCUT2D eigenvalue weighted by Crippen LogP contribution is 2.18. The fourth-order valence-corrected chi connectivity index (χ4v) is 2.51. The molecule has 1 N–H and O–H groups in total. The van der Waals surface area contributed by atoms with Crippen LogP contribution in [-0.4, -0.2) is 35.6 Å². The molecule has 18 heavy (non-hydrogen) atoms. The fraction of sp³-hybridized carbons (Fsp3) is 0.933. The van der Waals surface area contributed by atoms with Gasteiger partial charge in [-0.2, -0.15) is 5.26 Å². The molecular weight excluding hydrogens is 222 g/mol. The molecule has 0 saturated heterocycles. The highest BCUT2D eigenvalue weighted by Gasteiger charge is 2.28. The number of nitriles is 1.